The molecule has 7 nitrogen and oxygen atoms in total. The van der Waals surface area contributed by atoms with Gasteiger partial charge in [-0.15, -0.1) is 0 Å². The lowest BCUT2D eigenvalue weighted by molar-refractivity contribution is -0.372. The average molecular weight is 446 g/mol. The molecule has 0 amide bonds. The zero-order valence-electron chi connectivity index (χ0n) is 16.7. The Bertz CT molecular complexity index is 834. The SMILES string of the molecule is CC(C)O.Cc1ccc(S(=O)(=O)[O-])cc1.[NH3+]C[C@H](CC(=O)O)c1ccc(Cl)cc1. The molecule has 0 bridgehead atoms. The van der Waals surface area contributed by atoms with Crippen molar-refractivity contribution in [1.29, 1.82) is 0 Å². The number of halogens is 1. The molecule has 0 aliphatic rings. The minimum Gasteiger partial charge on any atom is -0.744 e. The third-order valence-electron chi connectivity index (χ3n) is 3.42. The van der Waals surface area contributed by atoms with Gasteiger partial charge in [-0.25, -0.2) is 8.42 Å². The lowest BCUT2D eigenvalue weighted by Gasteiger charge is -2.10. The lowest BCUT2D eigenvalue weighted by atomic mass is 9.96. The van der Waals surface area contributed by atoms with Crippen LogP contribution in [0, 0.1) is 6.92 Å². The molecule has 1 atom stereocenters. The molecule has 0 aliphatic heterocycles. The fraction of sp³-hybridized carbons (Fsp3) is 0.350. The van der Waals surface area contributed by atoms with Gasteiger partial charge in [-0.05, 0) is 50.6 Å². The molecule has 0 saturated heterocycles. The first kappa shape index (κ1) is 27.0. The first-order valence-corrected chi connectivity index (χ1v) is 10.6. The molecule has 0 fully saturated rings. The van der Waals surface area contributed by atoms with E-state index >= 15 is 0 Å². The topological polar surface area (TPSA) is 142 Å². The van der Waals surface area contributed by atoms with Crippen LogP contribution in [0.3, 0.4) is 0 Å². The number of aliphatic hydroxyl groups is 1. The van der Waals surface area contributed by atoms with E-state index in [1.807, 2.05) is 19.1 Å². The Morgan fingerprint density at radius 2 is 1.55 bits per heavy atom. The van der Waals surface area contributed by atoms with Gasteiger partial charge in [0.1, 0.15) is 10.1 Å². The van der Waals surface area contributed by atoms with Gasteiger partial charge in [0.05, 0.1) is 17.9 Å². The van der Waals surface area contributed by atoms with Gasteiger partial charge < -0.3 is 20.5 Å². The zero-order valence-corrected chi connectivity index (χ0v) is 18.3. The number of carboxylic acid groups (broad SMARTS) is 1. The van der Waals surface area contributed by atoms with Crippen LogP contribution in [0.1, 0.15) is 37.3 Å². The van der Waals surface area contributed by atoms with Crippen molar-refractivity contribution in [3.8, 4) is 0 Å². The molecule has 162 valence electrons. The Morgan fingerprint density at radius 3 is 1.90 bits per heavy atom. The Hall–Kier alpha value is -1.97. The van der Waals surface area contributed by atoms with E-state index in [9.17, 15) is 17.8 Å². The Kier molecular flexibility index (Phi) is 12.4. The number of hydrogen-bond acceptors (Lipinski definition) is 5. The van der Waals surface area contributed by atoms with Gasteiger partial charge in [-0.1, -0.05) is 41.4 Å². The van der Waals surface area contributed by atoms with Crippen LogP contribution in [0.4, 0.5) is 0 Å². The predicted octanol–water partition coefficient (Wildman–Crippen LogP) is 2.43. The summed E-state index contributed by atoms with van der Waals surface area (Å²) < 4.78 is 31.2. The van der Waals surface area contributed by atoms with E-state index in [1.165, 1.54) is 12.1 Å². The van der Waals surface area contributed by atoms with Gasteiger partial charge in [-0.2, -0.15) is 0 Å². The van der Waals surface area contributed by atoms with Crippen LogP contribution >= 0.6 is 11.6 Å². The lowest BCUT2D eigenvalue weighted by Crippen LogP contribution is -2.53. The van der Waals surface area contributed by atoms with Gasteiger partial charge in [-0.3, -0.25) is 4.79 Å². The highest BCUT2D eigenvalue weighted by Gasteiger charge is 2.15. The number of quaternary nitrogens is 1. The number of aliphatic hydroxyl groups excluding tert-OH is 1. The molecule has 0 radical (unpaired) electrons. The monoisotopic (exact) mass is 445 g/mol. The van der Waals surface area contributed by atoms with Crippen molar-refractivity contribution in [3.63, 3.8) is 0 Å². The highest BCUT2D eigenvalue weighted by atomic mass is 35.5. The van der Waals surface area contributed by atoms with Crippen LogP contribution in [0.25, 0.3) is 0 Å². The summed E-state index contributed by atoms with van der Waals surface area (Å²) in [7, 11) is -4.27. The predicted molar refractivity (Wildman–Crippen MR) is 111 cm³/mol. The Balaban J connectivity index is 0.000000466. The van der Waals surface area contributed by atoms with Crippen LogP contribution in [0.15, 0.2) is 53.4 Å². The molecule has 0 saturated carbocycles. The molecular weight excluding hydrogens is 418 g/mol. The molecule has 0 heterocycles. The van der Waals surface area contributed by atoms with Crippen molar-refractivity contribution in [2.45, 2.75) is 44.1 Å². The normalized spacial score (nSPS) is 11.6. The number of aryl methyl sites for hydroxylation is 1. The third-order valence-corrected chi connectivity index (χ3v) is 4.52. The van der Waals surface area contributed by atoms with Crippen LogP contribution in [-0.4, -0.2) is 41.8 Å². The van der Waals surface area contributed by atoms with E-state index in [0.717, 1.165) is 11.1 Å². The summed E-state index contributed by atoms with van der Waals surface area (Å²) in [6.45, 7) is 5.84. The smallest absolute Gasteiger partial charge is 0.304 e. The van der Waals surface area contributed by atoms with Gasteiger partial charge in [0, 0.05) is 17.0 Å². The molecular formula is C20H28ClNO6S. The number of aliphatic carboxylic acids is 1. The van der Waals surface area contributed by atoms with E-state index in [-0.39, 0.29) is 23.3 Å². The maximum atomic E-state index is 10.6. The number of hydrogen-bond donors (Lipinski definition) is 3. The van der Waals surface area contributed by atoms with Crippen molar-refractivity contribution < 1.29 is 33.7 Å². The highest BCUT2D eigenvalue weighted by Crippen LogP contribution is 2.20. The second-order valence-electron chi connectivity index (χ2n) is 6.50. The van der Waals surface area contributed by atoms with Crippen molar-refractivity contribution >= 4 is 27.7 Å². The van der Waals surface area contributed by atoms with E-state index in [1.54, 1.807) is 38.1 Å². The van der Waals surface area contributed by atoms with Crippen LogP contribution in [-0.2, 0) is 14.9 Å². The molecule has 0 aliphatic carbocycles. The molecule has 5 N–H and O–H groups in total. The van der Waals surface area contributed by atoms with Gasteiger partial charge in [0.15, 0.2) is 0 Å². The van der Waals surface area contributed by atoms with Gasteiger partial charge >= 0.3 is 5.97 Å². The Morgan fingerprint density at radius 1 is 1.10 bits per heavy atom. The summed E-state index contributed by atoms with van der Waals surface area (Å²) in [5.41, 5.74) is 5.65. The number of rotatable bonds is 5. The quantitative estimate of drug-likeness (QED) is 0.603. The van der Waals surface area contributed by atoms with Gasteiger partial charge in [0.25, 0.3) is 0 Å². The van der Waals surface area contributed by atoms with Crippen LogP contribution in [0.5, 0.6) is 0 Å². The maximum Gasteiger partial charge on any atom is 0.304 e. The molecule has 29 heavy (non-hydrogen) atoms. The first-order chi connectivity index (χ1) is 13.4. The molecule has 9 heteroatoms. The molecule has 0 aromatic heterocycles. The zero-order chi connectivity index (χ0) is 22.6. The van der Waals surface area contributed by atoms with Crippen molar-refractivity contribution in [2.24, 2.45) is 0 Å². The standard InChI is InChI=1S/C10H12ClNO2.C7H8O3S.C3H8O/c11-9-3-1-7(2-4-9)8(6-12)5-10(13)14;1-6-2-4-7(5-3-6)11(8,9)10;1-3(2)4/h1-4,8H,5-6,12H2,(H,13,14);2-5H,1H3,(H,8,9,10);3-4H,1-2H3/t8-;;/m0../s1. The van der Waals surface area contributed by atoms with Crippen molar-refractivity contribution in [3.05, 3.63) is 64.7 Å². The fourth-order valence-corrected chi connectivity index (χ4v) is 2.63. The summed E-state index contributed by atoms with van der Waals surface area (Å²) >= 11 is 5.73. The molecule has 2 aromatic carbocycles. The summed E-state index contributed by atoms with van der Waals surface area (Å²) in [5, 5.41) is 17.4. The highest BCUT2D eigenvalue weighted by molar-refractivity contribution is 7.85. The number of carboxylic acids is 1. The van der Waals surface area contributed by atoms with Crippen molar-refractivity contribution in [2.75, 3.05) is 6.54 Å². The molecule has 2 rings (SSSR count). The van der Waals surface area contributed by atoms with Crippen molar-refractivity contribution in [1.82, 2.24) is 0 Å². The average Bonchev–Trinajstić information content (AvgIpc) is 2.60. The molecule has 0 unspecified atom stereocenters. The largest absolute Gasteiger partial charge is 0.744 e. The Labute approximate surface area is 176 Å². The van der Waals surface area contributed by atoms with Crippen LogP contribution in [0.2, 0.25) is 5.02 Å². The number of carbonyl (C=O) groups is 1. The van der Waals surface area contributed by atoms with E-state index in [0.29, 0.717) is 11.6 Å². The second kappa shape index (κ2) is 13.3. The second-order valence-corrected chi connectivity index (χ2v) is 8.31. The summed E-state index contributed by atoms with van der Waals surface area (Å²) in [6, 6.07) is 13.0. The van der Waals surface area contributed by atoms with Crippen LogP contribution < -0.4 is 5.73 Å². The minimum atomic E-state index is -4.27. The first-order valence-electron chi connectivity index (χ1n) is 8.84. The molecule has 0 spiro atoms. The summed E-state index contributed by atoms with van der Waals surface area (Å²) in [5.74, 6) is -0.821. The third kappa shape index (κ3) is 13.0. The maximum absolute atomic E-state index is 10.6. The van der Waals surface area contributed by atoms with E-state index in [2.05, 4.69) is 5.73 Å². The van der Waals surface area contributed by atoms with E-state index < -0.39 is 16.1 Å². The summed E-state index contributed by atoms with van der Waals surface area (Å²) in [6.07, 6.45) is -0.0505. The van der Waals surface area contributed by atoms with Gasteiger partial charge in [0.2, 0.25) is 0 Å². The molecule has 2 aromatic rings. The summed E-state index contributed by atoms with van der Waals surface area (Å²) in [4.78, 5) is 10.4. The fourth-order valence-electron chi connectivity index (χ4n) is 2.04. The minimum absolute atomic E-state index is 0.0234. The van der Waals surface area contributed by atoms with E-state index in [4.69, 9.17) is 21.8 Å². The number of benzene rings is 2.